The Bertz CT molecular complexity index is 1020. The molecule has 2 aliphatic heterocycles. The minimum absolute atomic E-state index is 0.0800. The van der Waals surface area contributed by atoms with Crippen LogP contribution >= 0.6 is 0 Å². The fraction of sp³-hybridized carbons (Fsp3) is 0.480. The molecule has 2 aromatic carbocycles. The molecule has 0 aromatic heterocycles. The van der Waals surface area contributed by atoms with Crippen molar-refractivity contribution in [3.8, 4) is 0 Å². The molecule has 2 atom stereocenters. The summed E-state index contributed by atoms with van der Waals surface area (Å²) in [5.74, 6) is -0.253. The van der Waals surface area contributed by atoms with E-state index in [2.05, 4.69) is 15.1 Å². The van der Waals surface area contributed by atoms with Crippen LogP contribution in [0.25, 0.3) is 0 Å². The van der Waals surface area contributed by atoms with E-state index in [1.54, 1.807) is 18.2 Å². The fourth-order valence-electron chi connectivity index (χ4n) is 5.05. The summed E-state index contributed by atoms with van der Waals surface area (Å²) in [6.45, 7) is 3.23. The molecule has 5 rings (SSSR count). The van der Waals surface area contributed by atoms with Gasteiger partial charge in [-0.2, -0.15) is 13.2 Å². The van der Waals surface area contributed by atoms with Gasteiger partial charge in [-0.3, -0.25) is 9.69 Å². The highest BCUT2D eigenvalue weighted by molar-refractivity contribution is 5.82. The maximum atomic E-state index is 13.3. The highest BCUT2D eigenvalue weighted by atomic mass is 19.4. The third-order valence-electron chi connectivity index (χ3n) is 7.04. The SMILES string of the molecule is O=C(NCC1CC1)[C@H]1Cc2cc(C(F)(F)F)ccc2N2CCN(Cc3ccc(F)cc3)C[C@@H]12. The highest BCUT2D eigenvalue weighted by Gasteiger charge is 2.43. The minimum atomic E-state index is -4.41. The molecule has 0 spiro atoms. The average molecular weight is 462 g/mol. The van der Waals surface area contributed by atoms with Crippen LogP contribution in [0.1, 0.15) is 29.5 Å². The number of nitrogens with zero attached hydrogens (tertiary/aromatic N) is 2. The number of hydrogen-bond acceptors (Lipinski definition) is 3. The molecule has 33 heavy (non-hydrogen) atoms. The Morgan fingerprint density at radius 3 is 2.52 bits per heavy atom. The first-order valence-electron chi connectivity index (χ1n) is 11.5. The van der Waals surface area contributed by atoms with Gasteiger partial charge in [0.15, 0.2) is 0 Å². The Kier molecular flexibility index (Phi) is 5.80. The standard InChI is InChI=1S/C25H27F4N3O/c26-20-6-3-17(4-7-20)14-31-9-10-32-22-8-5-19(25(27,28)29)11-18(22)12-21(23(32)15-31)24(33)30-13-16-1-2-16/h3-8,11,16,21,23H,1-2,9-10,12-15H2,(H,30,33)/t21-,23-/m0/s1. The monoisotopic (exact) mass is 461 g/mol. The Morgan fingerprint density at radius 1 is 1.06 bits per heavy atom. The van der Waals surface area contributed by atoms with Crippen molar-refractivity contribution < 1.29 is 22.4 Å². The maximum Gasteiger partial charge on any atom is 0.416 e. The zero-order valence-electron chi connectivity index (χ0n) is 18.2. The smallest absolute Gasteiger partial charge is 0.365 e. The van der Waals surface area contributed by atoms with E-state index in [4.69, 9.17) is 0 Å². The number of halogens is 4. The molecular formula is C25H27F4N3O. The number of carbonyl (C=O) groups excluding carboxylic acids is 1. The maximum absolute atomic E-state index is 13.3. The second-order valence-electron chi connectivity index (χ2n) is 9.46. The Hall–Kier alpha value is -2.61. The van der Waals surface area contributed by atoms with Gasteiger partial charge in [0.05, 0.1) is 17.5 Å². The van der Waals surface area contributed by atoms with Crippen LogP contribution in [-0.2, 0) is 23.9 Å². The number of rotatable bonds is 5. The van der Waals surface area contributed by atoms with Crippen LogP contribution in [0.3, 0.4) is 0 Å². The largest absolute Gasteiger partial charge is 0.416 e. The van der Waals surface area contributed by atoms with E-state index in [1.807, 2.05) is 0 Å². The lowest BCUT2D eigenvalue weighted by Gasteiger charge is -2.49. The van der Waals surface area contributed by atoms with Gasteiger partial charge in [-0.05, 0) is 66.6 Å². The molecule has 1 N–H and O–H groups in total. The van der Waals surface area contributed by atoms with Crippen molar-refractivity contribution in [2.45, 2.75) is 38.0 Å². The van der Waals surface area contributed by atoms with Crippen LogP contribution in [-0.4, -0.2) is 43.0 Å². The molecule has 2 aromatic rings. The number of carbonyl (C=O) groups is 1. The van der Waals surface area contributed by atoms with Gasteiger partial charge in [0, 0.05) is 38.4 Å². The van der Waals surface area contributed by atoms with E-state index in [9.17, 15) is 22.4 Å². The van der Waals surface area contributed by atoms with E-state index in [0.29, 0.717) is 50.6 Å². The fourth-order valence-corrected chi connectivity index (χ4v) is 5.05. The summed E-state index contributed by atoms with van der Waals surface area (Å²) in [6.07, 6.45) is -1.89. The third-order valence-corrected chi connectivity index (χ3v) is 7.04. The zero-order valence-corrected chi connectivity index (χ0v) is 18.2. The highest BCUT2D eigenvalue weighted by Crippen LogP contribution is 2.40. The van der Waals surface area contributed by atoms with Gasteiger partial charge in [-0.1, -0.05) is 12.1 Å². The molecule has 1 amide bonds. The van der Waals surface area contributed by atoms with Crippen molar-refractivity contribution in [1.82, 2.24) is 10.2 Å². The third kappa shape index (κ3) is 4.86. The van der Waals surface area contributed by atoms with Crippen LogP contribution in [0.4, 0.5) is 23.2 Å². The first-order chi connectivity index (χ1) is 15.8. The number of piperazine rings is 1. The van der Waals surface area contributed by atoms with Crippen LogP contribution < -0.4 is 10.2 Å². The van der Waals surface area contributed by atoms with Crippen LogP contribution in [0.2, 0.25) is 0 Å². The van der Waals surface area contributed by atoms with E-state index >= 15 is 0 Å². The molecule has 2 heterocycles. The Labute approximate surface area is 190 Å². The van der Waals surface area contributed by atoms with Crippen LogP contribution in [0.5, 0.6) is 0 Å². The van der Waals surface area contributed by atoms with E-state index < -0.39 is 17.7 Å². The first kappa shape index (κ1) is 22.2. The number of fused-ring (bicyclic) bond motifs is 3. The molecule has 1 aliphatic carbocycles. The average Bonchev–Trinajstić information content (AvgIpc) is 3.62. The normalized spacial score (nSPS) is 23.1. The lowest BCUT2D eigenvalue weighted by Crippen LogP contribution is -2.61. The van der Waals surface area contributed by atoms with E-state index in [-0.39, 0.29) is 17.8 Å². The lowest BCUT2D eigenvalue weighted by molar-refractivity contribution is -0.137. The van der Waals surface area contributed by atoms with Crippen molar-refractivity contribution in [2.24, 2.45) is 11.8 Å². The number of anilines is 1. The summed E-state index contributed by atoms with van der Waals surface area (Å²) >= 11 is 0. The zero-order chi connectivity index (χ0) is 23.2. The molecule has 8 heteroatoms. The molecule has 0 bridgehead atoms. The Morgan fingerprint density at radius 2 is 1.82 bits per heavy atom. The summed E-state index contributed by atoms with van der Waals surface area (Å²) < 4.78 is 53.2. The van der Waals surface area contributed by atoms with Gasteiger partial charge < -0.3 is 10.2 Å². The van der Waals surface area contributed by atoms with Crippen molar-refractivity contribution in [3.63, 3.8) is 0 Å². The number of hydrogen-bond donors (Lipinski definition) is 1. The van der Waals surface area contributed by atoms with E-state index in [0.717, 1.165) is 30.2 Å². The van der Waals surface area contributed by atoms with Crippen molar-refractivity contribution in [1.29, 1.82) is 0 Å². The summed E-state index contributed by atoms with van der Waals surface area (Å²) in [7, 11) is 0. The molecular weight excluding hydrogens is 434 g/mol. The molecule has 0 unspecified atom stereocenters. The molecule has 4 nitrogen and oxygen atoms in total. The number of amides is 1. The van der Waals surface area contributed by atoms with Crippen LogP contribution in [0.15, 0.2) is 42.5 Å². The molecule has 2 fully saturated rings. The Balaban J connectivity index is 1.39. The number of benzene rings is 2. The van der Waals surface area contributed by atoms with Crippen molar-refractivity contribution >= 4 is 11.6 Å². The van der Waals surface area contributed by atoms with Gasteiger partial charge in [-0.15, -0.1) is 0 Å². The second kappa shape index (κ2) is 8.63. The first-order valence-corrected chi connectivity index (χ1v) is 11.5. The minimum Gasteiger partial charge on any atom is -0.365 e. The van der Waals surface area contributed by atoms with Gasteiger partial charge in [0.1, 0.15) is 5.82 Å². The number of alkyl halides is 3. The van der Waals surface area contributed by atoms with Crippen LogP contribution in [0, 0.1) is 17.7 Å². The molecule has 176 valence electrons. The van der Waals surface area contributed by atoms with Gasteiger partial charge >= 0.3 is 6.18 Å². The van der Waals surface area contributed by atoms with Gasteiger partial charge in [0.25, 0.3) is 0 Å². The summed E-state index contributed by atoms with van der Waals surface area (Å²) in [5, 5.41) is 3.05. The summed E-state index contributed by atoms with van der Waals surface area (Å²) in [4.78, 5) is 17.5. The van der Waals surface area contributed by atoms with Gasteiger partial charge in [-0.25, -0.2) is 4.39 Å². The van der Waals surface area contributed by atoms with Crippen molar-refractivity contribution in [3.05, 3.63) is 65.0 Å². The van der Waals surface area contributed by atoms with Crippen molar-refractivity contribution in [2.75, 3.05) is 31.1 Å². The quantitative estimate of drug-likeness (QED) is 0.677. The molecule has 1 saturated heterocycles. The summed E-state index contributed by atoms with van der Waals surface area (Å²) in [5.41, 5.74) is 1.69. The molecule has 3 aliphatic rings. The van der Waals surface area contributed by atoms with E-state index in [1.165, 1.54) is 18.2 Å². The molecule has 0 radical (unpaired) electrons. The van der Waals surface area contributed by atoms with Gasteiger partial charge in [0.2, 0.25) is 5.91 Å². The molecule has 1 saturated carbocycles. The predicted octanol–water partition coefficient (Wildman–Crippen LogP) is 4.23. The summed E-state index contributed by atoms with van der Waals surface area (Å²) in [6, 6.07) is 10.2. The second-order valence-corrected chi connectivity index (χ2v) is 9.46. The lowest BCUT2D eigenvalue weighted by atomic mass is 9.82. The predicted molar refractivity (Wildman–Crippen MR) is 117 cm³/mol. The topological polar surface area (TPSA) is 35.6 Å². The number of nitrogens with one attached hydrogen (secondary N) is 1.